The Kier molecular flexibility index (Phi) is 31.3. The maximum Gasteiger partial charge on any atom is 0.310 e. The summed E-state index contributed by atoms with van der Waals surface area (Å²) in [7, 11) is 13.1. The minimum atomic E-state index is -3.49. The molecule has 4 aromatic carbocycles. The molecule has 0 saturated carbocycles. The molecular weight excluding hydrogens is 1180 g/mol. The number of fused-ring (bicyclic) bond motifs is 4. The van der Waals surface area contributed by atoms with Crippen LogP contribution in [0.5, 0.6) is 0 Å². The molecule has 0 radical (unpaired) electrons. The summed E-state index contributed by atoms with van der Waals surface area (Å²) in [5.41, 5.74) is 25.2. The largest absolute Gasteiger partial charge is 0.481 e. The summed E-state index contributed by atoms with van der Waals surface area (Å²) >= 11 is 0. The van der Waals surface area contributed by atoms with Crippen molar-refractivity contribution in [3.05, 3.63) is 164 Å². The first-order valence-corrected chi connectivity index (χ1v) is 34.1. The Morgan fingerprint density at radius 1 is 0.543 bits per heavy atom. The van der Waals surface area contributed by atoms with Gasteiger partial charge in [0.1, 0.15) is 6.61 Å². The molecular formula is C73H106N8O10S. The third kappa shape index (κ3) is 22.8. The Morgan fingerprint density at radius 2 is 0.870 bits per heavy atom. The van der Waals surface area contributed by atoms with Crippen LogP contribution < -0.4 is 16.4 Å². The summed E-state index contributed by atoms with van der Waals surface area (Å²) < 4.78 is 32.3. The Morgan fingerprint density at radius 3 is 1.17 bits per heavy atom. The lowest BCUT2D eigenvalue weighted by molar-refractivity contribution is -0.139. The van der Waals surface area contributed by atoms with Gasteiger partial charge >= 0.3 is 5.97 Å². The first-order valence-electron chi connectivity index (χ1n) is 32.3. The summed E-state index contributed by atoms with van der Waals surface area (Å²) in [5.74, 6) is -0.590. The quantitative estimate of drug-likeness (QED) is 0.0245. The number of hydrogen-bond acceptors (Lipinski definition) is 15. The van der Waals surface area contributed by atoms with E-state index < -0.39 is 22.0 Å². The number of benzene rings is 4. The van der Waals surface area contributed by atoms with Crippen LogP contribution >= 0.6 is 0 Å². The molecule has 4 aromatic rings. The molecule has 19 heteroatoms. The van der Waals surface area contributed by atoms with Crippen LogP contribution in [0.4, 0.5) is 0 Å². The molecule has 504 valence electrons. The van der Waals surface area contributed by atoms with Gasteiger partial charge in [-0.05, 0) is 202 Å². The van der Waals surface area contributed by atoms with Gasteiger partial charge < -0.3 is 56.0 Å². The lowest BCUT2D eigenvalue weighted by Gasteiger charge is -2.18. The smallest absolute Gasteiger partial charge is 0.310 e. The Labute approximate surface area is 549 Å². The average Bonchev–Trinajstić information content (AvgIpc) is 1.68. The molecule has 4 unspecified atom stereocenters. The third-order valence-electron chi connectivity index (χ3n) is 16.9. The van der Waals surface area contributed by atoms with E-state index in [2.05, 4.69) is 135 Å². The van der Waals surface area contributed by atoms with Crippen LogP contribution in [0.15, 0.2) is 124 Å². The van der Waals surface area contributed by atoms with E-state index in [1.165, 1.54) is 61.2 Å². The monoisotopic (exact) mass is 1290 g/mol. The number of hydrogen-bond donors (Lipinski definition) is 6. The average molecular weight is 1290 g/mol. The number of carbonyl (C=O) groups is 3. The van der Waals surface area contributed by atoms with E-state index in [4.69, 9.17) is 20.7 Å². The minimum absolute atomic E-state index is 0.0110. The van der Waals surface area contributed by atoms with E-state index >= 15 is 0 Å². The van der Waals surface area contributed by atoms with Crippen molar-refractivity contribution in [1.29, 1.82) is 0 Å². The van der Waals surface area contributed by atoms with Crippen molar-refractivity contribution in [3.8, 4) is 0 Å². The molecule has 0 spiro atoms. The number of aliphatic hydroxyl groups is 2. The Hall–Kier alpha value is -6.65. The van der Waals surface area contributed by atoms with Crippen LogP contribution in [-0.2, 0) is 59.1 Å². The number of nitrogens with two attached hydrogens (primary N) is 1. The van der Waals surface area contributed by atoms with Gasteiger partial charge in [0.05, 0.1) is 56.3 Å². The van der Waals surface area contributed by atoms with E-state index in [-0.39, 0.29) is 55.9 Å². The molecule has 2 amide bonds. The van der Waals surface area contributed by atoms with Gasteiger partial charge in [0.25, 0.3) is 10.1 Å². The molecule has 4 atom stereocenters. The summed E-state index contributed by atoms with van der Waals surface area (Å²) in [5, 5.41) is 31.5. The predicted octanol–water partition coefficient (Wildman–Crippen LogP) is 7.99. The molecule has 0 aromatic heterocycles. The predicted molar refractivity (Wildman–Crippen MR) is 374 cm³/mol. The van der Waals surface area contributed by atoms with Gasteiger partial charge in [-0.2, -0.15) is 8.42 Å². The maximum atomic E-state index is 12.6. The van der Waals surface area contributed by atoms with Gasteiger partial charge in [0, 0.05) is 45.8 Å². The van der Waals surface area contributed by atoms with Crippen LogP contribution in [0, 0.1) is 23.7 Å². The number of carboxylic acids is 1. The molecule has 18 nitrogen and oxygen atoms in total. The van der Waals surface area contributed by atoms with Gasteiger partial charge in [-0.3, -0.25) is 23.6 Å². The molecule has 0 bridgehead atoms. The summed E-state index contributed by atoms with van der Waals surface area (Å²) in [6.07, 6.45) is 8.76. The fourth-order valence-corrected chi connectivity index (χ4v) is 12.7. The van der Waals surface area contributed by atoms with E-state index in [0.29, 0.717) is 13.1 Å². The molecule has 4 aliphatic carbocycles. The second-order valence-electron chi connectivity index (χ2n) is 25.3. The number of carbonyl (C=O) groups excluding carboxylic acids is 2. The van der Waals surface area contributed by atoms with Crippen molar-refractivity contribution in [1.82, 2.24) is 30.2 Å². The van der Waals surface area contributed by atoms with Crippen molar-refractivity contribution in [2.75, 3.05) is 141 Å². The van der Waals surface area contributed by atoms with E-state index in [1.54, 1.807) is 12.5 Å². The number of aliphatic hydroxyl groups excluding tert-OH is 2. The first kappa shape index (κ1) is 76.1. The van der Waals surface area contributed by atoms with Crippen LogP contribution in [0.25, 0.3) is 22.3 Å². The first-order chi connectivity index (χ1) is 43.8. The van der Waals surface area contributed by atoms with Crippen molar-refractivity contribution < 1.29 is 47.0 Å². The Bertz CT molecular complexity index is 3360. The van der Waals surface area contributed by atoms with Gasteiger partial charge in [-0.15, -0.1) is 0 Å². The van der Waals surface area contributed by atoms with Crippen molar-refractivity contribution in [2.45, 2.75) is 79.1 Å². The minimum Gasteiger partial charge on any atom is -0.481 e. The van der Waals surface area contributed by atoms with Crippen molar-refractivity contribution >= 4 is 56.1 Å². The number of rotatable bonds is 27. The zero-order valence-corrected chi connectivity index (χ0v) is 57.9. The van der Waals surface area contributed by atoms with Crippen molar-refractivity contribution in [3.63, 3.8) is 0 Å². The van der Waals surface area contributed by atoms with Crippen molar-refractivity contribution in [2.24, 2.45) is 34.4 Å². The molecule has 0 saturated heterocycles. The highest BCUT2D eigenvalue weighted by atomic mass is 32.2. The van der Waals surface area contributed by atoms with E-state index in [0.717, 1.165) is 125 Å². The highest BCUT2D eigenvalue weighted by Crippen LogP contribution is 2.43. The summed E-state index contributed by atoms with van der Waals surface area (Å²) in [6, 6.07) is 33.5. The second kappa shape index (κ2) is 37.9. The summed E-state index contributed by atoms with van der Waals surface area (Å²) in [4.78, 5) is 49.5. The fourth-order valence-electron chi connectivity index (χ4n) is 12.3. The zero-order valence-electron chi connectivity index (χ0n) is 57.1. The number of aliphatic carboxylic acids is 1. The van der Waals surface area contributed by atoms with Crippen LogP contribution in [0.2, 0.25) is 0 Å². The molecule has 7 N–H and O–H groups in total. The third-order valence-corrected chi connectivity index (χ3v) is 17.5. The van der Waals surface area contributed by atoms with Gasteiger partial charge in [0.2, 0.25) is 11.8 Å². The number of nitrogens with one attached hydrogen (secondary N) is 2. The summed E-state index contributed by atoms with van der Waals surface area (Å²) in [6.45, 7) is 14.3. The van der Waals surface area contributed by atoms with E-state index in [1.807, 2.05) is 78.4 Å². The van der Waals surface area contributed by atoms with Crippen LogP contribution in [0.3, 0.4) is 0 Å². The molecule has 1 heterocycles. The normalized spacial score (nSPS) is 15.8. The second-order valence-corrected chi connectivity index (χ2v) is 26.9. The highest BCUT2D eigenvalue weighted by Gasteiger charge is 2.33. The molecule has 0 fully saturated rings. The number of aliphatic imine (C=N–C) groups is 1. The number of nitrogens with zero attached hydrogens (tertiary/aromatic N) is 5. The van der Waals surface area contributed by atoms with Gasteiger partial charge in [0.15, 0.2) is 5.90 Å². The number of ether oxygens (including phenoxy) is 1. The number of amides is 2. The lowest BCUT2D eigenvalue weighted by Crippen LogP contribution is -2.33. The molecule has 5 aliphatic rings. The zero-order chi connectivity index (χ0) is 67.7. The van der Waals surface area contributed by atoms with Gasteiger partial charge in [-0.1, -0.05) is 119 Å². The van der Waals surface area contributed by atoms with Gasteiger partial charge in [-0.25, -0.2) is 0 Å². The van der Waals surface area contributed by atoms with Crippen LogP contribution in [-0.4, -0.2) is 208 Å². The Balaban J connectivity index is 0.000000219. The lowest BCUT2D eigenvalue weighted by atomic mass is 9.91. The standard InChI is InChI=1S/C19H28N2O4S.C18H26N2O2.C18H24N2O.C16H21NO2.C2H7NO/c1-14(19(22)20-10-12-25-26(4,23)24)18-16(9-11-21(2)3)13-15-7-5-6-8-17(15)18;1-13(18(22)19-9-11-21)17-15(8-10-20(2)3)12-14-6-4-5-7-16(14)17;1-13(18-19-9-11-21-18)17-15(8-10-20(2)3)12-14-6-4-5-7-16(14)17;1-11(16(18)19)15-13(8-9-17(2)3)10-12-6-4-5-7-14(12)15;3-1-2-4/h5-8,14H,9-13H2,1-4H3,(H,20,22);4-7,13,21H,8-12H2,1-3H3,(H,19,22);4-7,13H,8-12H2,1-3H3;4-7,11H,8-10H2,1-3H3,(H,18,19);4H,1-3H2. The van der Waals surface area contributed by atoms with E-state index in [9.17, 15) is 27.9 Å². The molecule has 92 heavy (non-hydrogen) atoms. The molecule has 1 aliphatic heterocycles. The number of carboxylic acid groups (broad SMARTS) is 1. The maximum absolute atomic E-state index is 12.6. The topological polar surface area (TPSA) is 240 Å². The van der Waals surface area contributed by atoms with Crippen LogP contribution in [0.1, 0.15) is 97.9 Å². The molecule has 9 rings (SSSR count). The highest BCUT2D eigenvalue weighted by molar-refractivity contribution is 7.86. The fraction of sp³-hybridized carbons (Fsp3) is 0.507. The SMILES string of the molecule is CC(C(=O)NCCO)C1=C(CCN(C)C)Cc2ccccc21.CC(C(=O)NCCOS(C)(=O)=O)C1=C(CCN(C)C)Cc2ccccc21.CC(C(=O)O)C1=C(CCN(C)C)Cc2ccccc21.CC(C1=NCCO1)C1=C(CCN(C)C)Cc2ccccc21.NCCO.